The molecule has 0 aliphatic carbocycles. The number of nitrogens with one attached hydrogen (secondary N) is 1. The molecule has 1 aromatic carbocycles. The van der Waals surface area contributed by atoms with E-state index in [9.17, 15) is 13.6 Å². The summed E-state index contributed by atoms with van der Waals surface area (Å²) in [6.45, 7) is 0.550. The number of H-pyrrole nitrogens is 1. The van der Waals surface area contributed by atoms with Crippen molar-refractivity contribution in [2.75, 3.05) is 19.3 Å². The Balaban J connectivity index is 1.46. The number of hydrogen-bond donors (Lipinski definition) is 2. The summed E-state index contributed by atoms with van der Waals surface area (Å²) in [6, 6.07) is 3.53. The summed E-state index contributed by atoms with van der Waals surface area (Å²) in [5.41, 5.74) is 6.50. The van der Waals surface area contributed by atoms with Crippen molar-refractivity contribution in [3.05, 3.63) is 47.5 Å². The van der Waals surface area contributed by atoms with Gasteiger partial charge in [-0.3, -0.25) is 9.89 Å². The number of aromatic nitrogens is 6. The third-order valence-electron chi connectivity index (χ3n) is 4.59. The summed E-state index contributed by atoms with van der Waals surface area (Å²) >= 11 is 0. The largest absolute Gasteiger partial charge is 0.368 e. The zero-order valence-corrected chi connectivity index (χ0v) is 15.6. The molecule has 4 rings (SSSR count). The van der Waals surface area contributed by atoms with E-state index in [-0.39, 0.29) is 28.4 Å². The Kier molecular flexibility index (Phi) is 4.79. The number of carbonyl (C=O) groups is 1. The summed E-state index contributed by atoms with van der Waals surface area (Å²) in [5, 5.41) is 10.9. The molecule has 150 valence electrons. The van der Waals surface area contributed by atoms with Gasteiger partial charge in [-0.25, -0.2) is 18.7 Å². The van der Waals surface area contributed by atoms with Crippen LogP contribution in [0.4, 0.5) is 14.7 Å². The van der Waals surface area contributed by atoms with Crippen molar-refractivity contribution in [2.45, 2.75) is 19.3 Å². The van der Waals surface area contributed by atoms with E-state index in [1.165, 1.54) is 10.7 Å². The van der Waals surface area contributed by atoms with Crippen molar-refractivity contribution < 1.29 is 13.6 Å². The summed E-state index contributed by atoms with van der Waals surface area (Å²) in [5.74, 6) is -1.20. The molecular weight excluding hydrogens is 382 g/mol. The highest BCUT2D eigenvalue weighted by atomic mass is 19.1. The number of anilines is 1. The number of benzene rings is 1. The van der Waals surface area contributed by atoms with E-state index in [1.54, 1.807) is 18.0 Å². The third-order valence-corrected chi connectivity index (χ3v) is 4.59. The van der Waals surface area contributed by atoms with Gasteiger partial charge in [0.1, 0.15) is 17.0 Å². The molecule has 0 spiro atoms. The maximum absolute atomic E-state index is 14.0. The van der Waals surface area contributed by atoms with Gasteiger partial charge >= 0.3 is 0 Å². The molecule has 0 saturated heterocycles. The minimum Gasteiger partial charge on any atom is -0.368 e. The molecule has 0 aliphatic rings. The Morgan fingerprint density at radius 2 is 2.10 bits per heavy atom. The van der Waals surface area contributed by atoms with Crippen LogP contribution in [-0.2, 0) is 6.42 Å². The molecular formula is C18H18F2N8O. The summed E-state index contributed by atoms with van der Waals surface area (Å²) < 4.78 is 28.9. The predicted molar refractivity (Wildman–Crippen MR) is 101 cm³/mol. The summed E-state index contributed by atoms with van der Waals surface area (Å²) in [4.78, 5) is 22.1. The number of aromatic amines is 1. The summed E-state index contributed by atoms with van der Waals surface area (Å²) in [7, 11) is 1.72. The molecule has 0 unspecified atom stereocenters. The smallest absolute Gasteiger partial charge is 0.271 e. The van der Waals surface area contributed by atoms with Gasteiger partial charge in [-0.1, -0.05) is 0 Å². The maximum atomic E-state index is 14.0. The number of fused-ring (bicyclic) bond motifs is 3. The normalized spacial score (nSPS) is 11.4. The third kappa shape index (κ3) is 3.58. The number of halogens is 2. The number of nitrogen functional groups attached to an aromatic ring is 1. The fourth-order valence-electron chi connectivity index (χ4n) is 3.12. The van der Waals surface area contributed by atoms with Crippen LogP contribution in [0.5, 0.6) is 0 Å². The van der Waals surface area contributed by atoms with Crippen molar-refractivity contribution in [2.24, 2.45) is 0 Å². The number of rotatable bonds is 6. The standard InChI is InChI=1S/C18H18F2N8O/c1-27(17(29)13-5-6-22-25-13)7-3-2-4-14-23-16-11-8-10(19)9-12(20)15(11)24-18(21)28(16)26-14/h5-6,8-9H,2-4,7H2,1H3,(H2,21,24)(H,22,25). The van der Waals surface area contributed by atoms with Crippen molar-refractivity contribution in [1.82, 2.24) is 34.7 Å². The molecule has 3 N–H and O–H groups in total. The molecule has 0 aliphatic heterocycles. The van der Waals surface area contributed by atoms with Gasteiger partial charge in [0.05, 0.1) is 5.39 Å². The van der Waals surface area contributed by atoms with Crippen LogP contribution < -0.4 is 5.73 Å². The molecule has 0 bridgehead atoms. The van der Waals surface area contributed by atoms with Crippen LogP contribution >= 0.6 is 0 Å². The second-order valence-corrected chi connectivity index (χ2v) is 6.67. The Bertz CT molecular complexity index is 1190. The van der Waals surface area contributed by atoms with E-state index < -0.39 is 11.6 Å². The number of amides is 1. The number of nitrogens with two attached hydrogens (primary N) is 1. The number of nitrogens with zero attached hydrogens (tertiary/aromatic N) is 6. The maximum Gasteiger partial charge on any atom is 0.271 e. The van der Waals surface area contributed by atoms with E-state index in [4.69, 9.17) is 5.73 Å². The Hall–Kier alpha value is -3.63. The van der Waals surface area contributed by atoms with Gasteiger partial charge in [-0.05, 0) is 25.0 Å². The van der Waals surface area contributed by atoms with Crippen LogP contribution in [0.25, 0.3) is 16.6 Å². The first-order valence-electron chi connectivity index (χ1n) is 8.99. The van der Waals surface area contributed by atoms with Gasteiger partial charge in [0.25, 0.3) is 5.91 Å². The average molecular weight is 400 g/mol. The van der Waals surface area contributed by atoms with Crippen molar-refractivity contribution >= 4 is 28.4 Å². The van der Waals surface area contributed by atoms with E-state index in [0.717, 1.165) is 18.6 Å². The highest BCUT2D eigenvalue weighted by Crippen LogP contribution is 2.23. The first kappa shape index (κ1) is 18.7. The number of aryl methyl sites for hydroxylation is 1. The molecule has 0 radical (unpaired) electrons. The second-order valence-electron chi connectivity index (χ2n) is 6.67. The van der Waals surface area contributed by atoms with Gasteiger partial charge in [0, 0.05) is 32.3 Å². The fourth-order valence-corrected chi connectivity index (χ4v) is 3.12. The van der Waals surface area contributed by atoms with Crippen molar-refractivity contribution in [1.29, 1.82) is 0 Å². The first-order chi connectivity index (χ1) is 13.9. The Morgan fingerprint density at radius 3 is 2.86 bits per heavy atom. The van der Waals surface area contributed by atoms with Gasteiger partial charge in [0.2, 0.25) is 5.95 Å². The number of unbranched alkanes of at least 4 members (excludes halogenated alkanes) is 1. The molecule has 9 nitrogen and oxygen atoms in total. The SMILES string of the molecule is CN(CCCCc1nc2c3cc(F)cc(F)c3nc(N)n2n1)C(=O)c1ccn[nH]1. The summed E-state index contributed by atoms with van der Waals surface area (Å²) in [6.07, 6.45) is 3.49. The molecule has 3 heterocycles. The van der Waals surface area contributed by atoms with E-state index >= 15 is 0 Å². The van der Waals surface area contributed by atoms with Crippen molar-refractivity contribution in [3.63, 3.8) is 0 Å². The second kappa shape index (κ2) is 7.41. The molecule has 0 atom stereocenters. The van der Waals surface area contributed by atoms with Crippen molar-refractivity contribution in [3.8, 4) is 0 Å². The molecule has 29 heavy (non-hydrogen) atoms. The van der Waals surface area contributed by atoms with Crippen LogP contribution in [0.1, 0.15) is 29.2 Å². The van der Waals surface area contributed by atoms with Gasteiger partial charge in [-0.15, -0.1) is 5.10 Å². The lowest BCUT2D eigenvalue weighted by molar-refractivity contribution is 0.0787. The van der Waals surface area contributed by atoms with E-state index in [1.807, 2.05) is 0 Å². The molecule has 11 heteroatoms. The van der Waals surface area contributed by atoms with Crippen LogP contribution in [0.15, 0.2) is 24.4 Å². The molecule has 0 saturated carbocycles. The lowest BCUT2D eigenvalue weighted by Gasteiger charge is -2.15. The number of carbonyl (C=O) groups excluding carboxylic acids is 1. The van der Waals surface area contributed by atoms with Gasteiger partial charge in [-0.2, -0.15) is 9.61 Å². The molecule has 3 aromatic heterocycles. The highest BCUT2D eigenvalue weighted by Gasteiger charge is 2.16. The van der Waals surface area contributed by atoms with Gasteiger partial charge in [0.15, 0.2) is 17.3 Å². The molecule has 4 aromatic rings. The predicted octanol–water partition coefficient (Wildman–Crippen LogP) is 1.96. The van der Waals surface area contributed by atoms with Crippen LogP contribution in [-0.4, -0.2) is 54.2 Å². The topological polar surface area (TPSA) is 118 Å². The molecule has 0 fully saturated rings. The van der Waals surface area contributed by atoms with Crippen LogP contribution in [0, 0.1) is 11.6 Å². The fraction of sp³-hybridized carbons (Fsp3) is 0.278. The van der Waals surface area contributed by atoms with E-state index in [2.05, 4.69) is 25.3 Å². The highest BCUT2D eigenvalue weighted by molar-refractivity contribution is 5.92. The lowest BCUT2D eigenvalue weighted by atomic mass is 10.2. The minimum absolute atomic E-state index is 0.0263. The quantitative estimate of drug-likeness (QED) is 0.478. The van der Waals surface area contributed by atoms with Crippen LogP contribution in [0.2, 0.25) is 0 Å². The van der Waals surface area contributed by atoms with E-state index in [0.29, 0.717) is 30.9 Å². The van der Waals surface area contributed by atoms with Crippen LogP contribution in [0.3, 0.4) is 0 Å². The minimum atomic E-state index is -0.802. The molecule has 1 amide bonds. The first-order valence-corrected chi connectivity index (χ1v) is 8.99. The monoisotopic (exact) mass is 400 g/mol. The van der Waals surface area contributed by atoms with Gasteiger partial charge < -0.3 is 10.6 Å². The average Bonchev–Trinajstić information content (AvgIpc) is 3.36. The number of hydrogen-bond acceptors (Lipinski definition) is 6. The Labute approximate surface area is 163 Å². The Morgan fingerprint density at radius 1 is 1.28 bits per heavy atom. The lowest BCUT2D eigenvalue weighted by Crippen LogP contribution is -2.28. The zero-order valence-electron chi connectivity index (χ0n) is 15.6. The zero-order chi connectivity index (χ0) is 20.5.